The summed E-state index contributed by atoms with van der Waals surface area (Å²) in [6.07, 6.45) is 1.58. The van der Waals surface area contributed by atoms with Crippen LogP contribution in [0.5, 0.6) is 0 Å². The lowest BCUT2D eigenvalue weighted by Gasteiger charge is -2.33. The van der Waals surface area contributed by atoms with Crippen LogP contribution in [0.1, 0.15) is 47.5 Å². The molecule has 1 aliphatic rings. The standard InChI is InChI=1S/C20H30N6O6/c1-6-14(2)16(22-18(28)32-20(3,4)5)17(27)23-12-9-13-24(23)19(29)25(26(30)31)15-10-7-8-11-21-15/h7-8,10-11,14,16H,6,9,12-13H2,1-5H3,(H,22,28). The summed E-state index contributed by atoms with van der Waals surface area (Å²) >= 11 is 0. The van der Waals surface area contributed by atoms with Crippen LogP contribution in [0.15, 0.2) is 24.4 Å². The van der Waals surface area contributed by atoms with Gasteiger partial charge in [-0.3, -0.25) is 4.79 Å². The highest BCUT2D eigenvalue weighted by atomic mass is 16.7. The number of carbonyl (C=O) groups excluding carboxylic acids is 3. The van der Waals surface area contributed by atoms with Crippen LogP contribution in [-0.4, -0.2) is 62.8 Å². The number of urea groups is 1. The number of hydrazine groups is 2. The number of amides is 4. The van der Waals surface area contributed by atoms with Crippen molar-refractivity contribution in [2.24, 2.45) is 5.92 Å². The third kappa shape index (κ3) is 6.05. The molecule has 0 aliphatic carbocycles. The second-order valence-corrected chi connectivity index (χ2v) is 8.47. The number of hydrogen-bond donors (Lipinski definition) is 1. The summed E-state index contributed by atoms with van der Waals surface area (Å²) in [4.78, 5) is 54.2. The molecule has 0 bridgehead atoms. The number of nitrogens with one attached hydrogen (secondary N) is 1. The van der Waals surface area contributed by atoms with Gasteiger partial charge in [-0.05, 0) is 45.2 Å². The SMILES string of the molecule is CCC(C)C(NC(=O)OC(C)(C)C)C(=O)N1CCCN1C(=O)N(c1ccccn1)[N+](=O)[O-]. The maximum Gasteiger partial charge on any atom is 0.408 e. The van der Waals surface area contributed by atoms with E-state index in [-0.39, 0.29) is 24.8 Å². The first-order valence-electron chi connectivity index (χ1n) is 10.4. The molecule has 1 N–H and O–H groups in total. The first-order chi connectivity index (χ1) is 15.0. The minimum atomic E-state index is -1.01. The largest absolute Gasteiger partial charge is 0.444 e. The van der Waals surface area contributed by atoms with E-state index in [9.17, 15) is 24.5 Å². The number of aromatic nitrogens is 1. The quantitative estimate of drug-likeness (QED) is 0.519. The highest BCUT2D eigenvalue weighted by molar-refractivity contribution is 5.92. The second kappa shape index (κ2) is 10.2. The Balaban J connectivity index is 2.26. The van der Waals surface area contributed by atoms with Gasteiger partial charge in [0.2, 0.25) is 5.82 Å². The van der Waals surface area contributed by atoms with Crippen LogP contribution in [0.4, 0.5) is 15.4 Å². The van der Waals surface area contributed by atoms with Crippen molar-refractivity contribution in [2.75, 3.05) is 18.1 Å². The van der Waals surface area contributed by atoms with E-state index >= 15 is 0 Å². The van der Waals surface area contributed by atoms with Gasteiger partial charge in [-0.25, -0.2) is 34.7 Å². The molecule has 4 amide bonds. The summed E-state index contributed by atoms with van der Waals surface area (Å²) < 4.78 is 5.27. The van der Waals surface area contributed by atoms with Gasteiger partial charge in [0.05, 0.1) is 0 Å². The third-order valence-corrected chi connectivity index (χ3v) is 4.87. The number of pyridine rings is 1. The maximum atomic E-state index is 13.3. The Morgan fingerprint density at radius 2 is 1.94 bits per heavy atom. The molecule has 0 radical (unpaired) electrons. The van der Waals surface area contributed by atoms with E-state index in [1.54, 1.807) is 33.8 Å². The van der Waals surface area contributed by atoms with Crippen LogP contribution in [0.2, 0.25) is 0 Å². The number of ether oxygens (including phenoxy) is 1. The summed E-state index contributed by atoms with van der Waals surface area (Å²) in [6, 6.07) is 2.43. The number of nitrogens with zero attached hydrogens (tertiary/aromatic N) is 5. The lowest BCUT2D eigenvalue weighted by atomic mass is 9.98. The van der Waals surface area contributed by atoms with Crippen LogP contribution in [0.3, 0.4) is 0 Å². The minimum Gasteiger partial charge on any atom is -0.444 e. The zero-order chi connectivity index (χ0) is 24.1. The van der Waals surface area contributed by atoms with Gasteiger partial charge in [0.25, 0.3) is 5.91 Å². The van der Waals surface area contributed by atoms with Crippen LogP contribution in [0.25, 0.3) is 0 Å². The molecule has 12 heteroatoms. The van der Waals surface area contributed by atoms with Crippen LogP contribution in [-0.2, 0) is 9.53 Å². The summed E-state index contributed by atoms with van der Waals surface area (Å²) in [5.74, 6) is -0.984. The van der Waals surface area contributed by atoms with Crippen molar-refractivity contribution < 1.29 is 24.2 Å². The molecule has 0 aromatic carbocycles. The zero-order valence-corrected chi connectivity index (χ0v) is 19.0. The first-order valence-corrected chi connectivity index (χ1v) is 10.4. The van der Waals surface area contributed by atoms with Crippen molar-refractivity contribution in [3.05, 3.63) is 34.5 Å². The van der Waals surface area contributed by atoms with Crippen molar-refractivity contribution in [2.45, 2.75) is 59.1 Å². The molecule has 1 aromatic rings. The van der Waals surface area contributed by atoms with Gasteiger partial charge in [0, 0.05) is 24.3 Å². The molecule has 12 nitrogen and oxygen atoms in total. The molecule has 2 unspecified atom stereocenters. The summed E-state index contributed by atoms with van der Waals surface area (Å²) in [5.41, 5.74) is -0.752. The van der Waals surface area contributed by atoms with Crippen LogP contribution >= 0.6 is 0 Å². The van der Waals surface area contributed by atoms with Crippen molar-refractivity contribution in [3.8, 4) is 0 Å². The van der Waals surface area contributed by atoms with Gasteiger partial charge >= 0.3 is 12.1 Å². The average molecular weight is 450 g/mol. The molecule has 2 rings (SSSR count). The molecule has 32 heavy (non-hydrogen) atoms. The molecule has 1 aromatic heterocycles. The molecule has 1 fully saturated rings. The van der Waals surface area contributed by atoms with Gasteiger partial charge in [-0.1, -0.05) is 26.3 Å². The molecule has 1 aliphatic heterocycles. The van der Waals surface area contributed by atoms with Gasteiger partial charge in [0.15, 0.2) is 5.03 Å². The fourth-order valence-corrected chi connectivity index (χ4v) is 3.16. The Morgan fingerprint density at radius 1 is 1.28 bits per heavy atom. The van der Waals surface area contributed by atoms with Gasteiger partial charge in [-0.2, -0.15) is 0 Å². The molecule has 0 saturated carbocycles. The lowest BCUT2D eigenvalue weighted by Crippen LogP contribution is -2.58. The molecule has 176 valence electrons. The van der Waals surface area contributed by atoms with Crippen molar-refractivity contribution in [3.63, 3.8) is 0 Å². The number of anilines is 1. The van der Waals surface area contributed by atoms with E-state index in [0.717, 1.165) is 10.0 Å². The van der Waals surface area contributed by atoms with E-state index in [1.807, 2.05) is 6.92 Å². The second-order valence-electron chi connectivity index (χ2n) is 8.47. The molecular formula is C20H30N6O6. The van der Waals surface area contributed by atoms with Crippen LogP contribution < -0.4 is 10.3 Å². The fraction of sp³-hybridized carbons (Fsp3) is 0.600. The van der Waals surface area contributed by atoms with E-state index < -0.39 is 34.7 Å². The van der Waals surface area contributed by atoms with Crippen molar-refractivity contribution >= 4 is 23.8 Å². The number of rotatable bonds is 6. The highest BCUT2D eigenvalue weighted by Gasteiger charge is 2.42. The Labute approximate surface area is 186 Å². The first kappa shape index (κ1) is 24.8. The van der Waals surface area contributed by atoms with Crippen molar-refractivity contribution in [1.29, 1.82) is 0 Å². The van der Waals surface area contributed by atoms with E-state index in [2.05, 4.69) is 10.3 Å². The molecular weight excluding hydrogens is 420 g/mol. The number of alkyl carbamates (subject to hydrolysis) is 1. The van der Waals surface area contributed by atoms with Gasteiger partial charge in [0.1, 0.15) is 11.6 Å². The smallest absolute Gasteiger partial charge is 0.408 e. The average Bonchev–Trinajstić information content (AvgIpc) is 3.20. The number of hydrogen-bond acceptors (Lipinski definition) is 7. The number of nitro groups is 1. The van der Waals surface area contributed by atoms with E-state index in [4.69, 9.17) is 4.74 Å². The third-order valence-electron chi connectivity index (χ3n) is 4.87. The fourth-order valence-electron chi connectivity index (χ4n) is 3.16. The Morgan fingerprint density at radius 3 is 2.47 bits per heavy atom. The van der Waals surface area contributed by atoms with E-state index in [0.29, 0.717) is 17.9 Å². The van der Waals surface area contributed by atoms with E-state index in [1.165, 1.54) is 18.3 Å². The minimum absolute atomic E-state index is 0.113. The maximum absolute atomic E-state index is 13.3. The Bertz CT molecular complexity index is 843. The monoisotopic (exact) mass is 450 g/mol. The predicted octanol–water partition coefficient (Wildman–Crippen LogP) is 2.59. The highest BCUT2D eigenvalue weighted by Crippen LogP contribution is 2.21. The Hall–Kier alpha value is -3.44. The number of carbonyl (C=O) groups is 3. The van der Waals surface area contributed by atoms with Gasteiger partial charge < -0.3 is 10.1 Å². The molecule has 0 spiro atoms. The molecule has 2 atom stereocenters. The molecule has 2 heterocycles. The summed E-state index contributed by atoms with van der Waals surface area (Å²) in [7, 11) is 0. The summed E-state index contributed by atoms with van der Waals surface area (Å²) in [6.45, 7) is 9.07. The zero-order valence-electron chi connectivity index (χ0n) is 19.0. The topological polar surface area (TPSA) is 138 Å². The predicted molar refractivity (Wildman–Crippen MR) is 115 cm³/mol. The van der Waals surface area contributed by atoms with Gasteiger partial charge in [-0.15, -0.1) is 0 Å². The lowest BCUT2D eigenvalue weighted by molar-refractivity contribution is -0.483. The Kier molecular flexibility index (Phi) is 7.95. The normalized spacial score (nSPS) is 15.7. The molecule has 1 saturated heterocycles. The van der Waals surface area contributed by atoms with Crippen molar-refractivity contribution in [1.82, 2.24) is 20.3 Å². The van der Waals surface area contributed by atoms with Crippen LogP contribution in [0, 0.1) is 16.0 Å². The summed E-state index contributed by atoms with van der Waals surface area (Å²) in [5, 5.41) is 15.8.